The molecular weight excluding hydrogens is 176 g/mol. The van der Waals surface area contributed by atoms with Crippen LogP contribution in [0.25, 0.3) is 0 Å². The fraction of sp³-hybridized carbons (Fsp3) is 1.00. The maximum absolute atomic E-state index is 8.18. The maximum atomic E-state index is 8.18. The van der Waals surface area contributed by atoms with Gasteiger partial charge in [-0.25, -0.2) is 9.78 Å². The van der Waals surface area contributed by atoms with Crippen molar-refractivity contribution in [1.29, 1.82) is 0 Å². The highest BCUT2D eigenvalue weighted by Crippen LogP contribution is 2.26. The predicted molar refractivity (Wildman–Crippen MR) is 44.2 cm³/mol. The first-order valence-electron chi connectivity index (χ1n) is 4.49. The molecule has 0 aromatic carbocycles. The van der Waals surface area contributed by atoms with E-state index in [1.807, 2.05) is 0 Å². The van der Waals surface area contributed by atoms with Crippen LogP contribution in [0.3, 0.4) is 0 Å². The molecule has 0 aromatic heterocycles. The quantitative estimate of drug-likeness (QED) is 0.485. The van der Waals surface area contributed by atoms with Gasteiger partial charge in [-0.2, -0.15) is 0 Å². The molecule has 1 aliphatic rings. The van der Waals surface area contributed by atoms with Gasteiger partial charge in [-0.3, -0.25) is 10.5 Å². The molecule has 1 rings (SSSR count). The molecule has 1 aliphatic heterocycles. The normalized spacial score (nSPS) is 28.2. The fourth-order valence-corrected chi connectivity index (χ4v) is 1.69. The summed E-state index contributed by atoms with van der Waals surface area (Å²) in [6, 6.07) is 0. The summed E-state index contributed by atoms with van der Waals surface area (Å²) in [6.45, 7) is 2.09. The van der Waals surface area contributed by atoms with Crippen LogP contribution in [0.2, 0.25) is 0 Å². The summed E-state index contributed by atoms with van der Waals surface area (Å²) in [7, 11) is 0. The molecule has 0 bridgehead atoms. The lowest BCUT2D eigenvalue weighted by Gasteiger charge is -2.15. The van der Waals surface area contributed by atoms with Crippen molar-refractivity contribution in [3.8, 4) is 0 Å². The molecule has 0 unspecified atom stereocenters. The van der Waals surface area contributed by atoms with Gasteiger partial charge < -0.3 is 4.74 Å². The Morgan fingerprint density at radius 1 is 1.00 bits per heavy atom. The van der Waals surface area contributed by atoms with Crippen LogP contribution in [0.4, 0.5) is 0 Å². The highest BCUT2D eigenvalue weighted by atomic mass is 17.1. The Hall–Kier alpha value is -0.200. The topological polar surface area (TPSA) is 68.2 Å². The summed E-state index contributed by atoms with van der Waals surface area (Å²) in [6.07, 6.45) is 1.57. The smallest absolute Gasteiger partial charge is 0.0823 e. The van der Waals surface area contributed by atoms with Gasteiger partial charge in [0, 0.05) is 13.2 Å². The molecule has 78 valence electrons. The molecule has 1 fully saturated rings. The highest BCUT2D eigenvalue weighted by molar-refractivity contribution is 4.74. The monoisotopic (exact) mass is 192 g/mol. The average Bonchev–Trinajstić information content (AvgIpc) is 2.59. The number of hydrogen-bond acceptors (Lipinski definition) is 5. The third-order valence-electron chi connectivity index (χ3n) is 2.49. The Labute approximate surface area is 77.1 Å². The van der Waals surface area contributed by atoms with Crippen LogP contribution < -0.4 is 0 Å². The van der Waals surface area contributed by atoms with Crippen LogP contribution in [-0.4, -0.2) is 36.9 Å². The summed E-state index contributed by atoms with van der Waals surface area (Å²) >= 11 is 0. The molecule has 2 N–H and O–H groups in total. The van der Waals surface area contributed by atoms with Gasteiger partial charge in [0.1, 0.15) is 0 Å². The van der Waals surface area contributed by atoms with Crippen molar-refractivity contribution in [2.24, 2.45) is 11.8 Å². The molecule has 0 saturated carbocycles. The average molecular weight is 192 g/mol. The zero-order valence-corrected chi connectivity index (χ0v) is 7.52. The van der Waals surface area contributed by atoms with Crippen molar-refractivity contribution in [2.45, 2.75) is 12.8 Å². The third kappa shape index (κ3) is 3.58. The van der Waals surface area contributed by atoms with E-state index in [1.165, 1.54) is 0 Å². The Morgan fingerprint density at radius 2 is 1.46 bits per heavy atom. The van der Waals surface area contributed by atoms with Crippen molar-refractivity contribution < 1.29 is 25.0 Å². The summed E-state index contributed by atoms with van der Waals surface area (Å²) in [4.78, 5) is 8.04. The molecule has 5 heteroatoms. The Bertz CT molecular complexity index is 116. The minimum absolute atomic E-state index is 0.338. The second kappa shape index (κ2) is 6.28. The van der Waals surface area contributed by atoms with Crippen molar-refractivity contribution in [2.75, 3.05) is 26.4 Å². The van der Waals surface area contributed by atoms with E-state index < -0.39 is 0 Å². The molecular formula is C8H16O5. The fourth-order valence-electron chi connectivity index (χ4n) is 1.69. The number of hydrogen-bond donors (Lipinski definition) is 2. The molecule has 0 aromatic rings. The molecule has 5 nitrogen and oxygen atoms in total. The molecule has 1 heterocycles. The highest BCUT2D eigenvalue weighted by Gasteiger charge is 2.27. The number of rotatable bonds is 6. The molecule has 0 aliphatic carbocycles. The van der Waals surface area contributed by atoms with E-state index in [1.54, 1.807) is 0 Å². The maximum Gasteiger partial charge on any atom is 0.0823 e. The third-order valence-corrected chi connectivity index (χ3v) is 2.49. The van der Waals surface area contributed by atoms with Crippen LogP contribution in [0.5, 0.6) is 0 Å². The SMILES string of the molecule is OOCC[C@@H]1COC[C@H]1CCOO. The van der Waals surface area contributed by atoms with Crippen molar-refractivity contribution >= 4 is 0 Å². The summed E-state index contributed by atoms with van der Waals surface area (Å²) in [5.74, 6) is 0.810. The molecule has 1 saturated heterocycles. The van der Waals surface area contributed by atoms with E-state index in [9.17, 15) is 0 Å². The van der Waals surface area contributed by atoms with Crippen LogP contribution in [0.15, 0.2) is 0 Å². The van der Waals surface area contributed by atoms with E-state index in [2.05, 4.69) is 9.78 Å². The second-order valence-electron chi connectivity index (χ2n) is 3.30. The summed E-state index contributed by atoms with van der Waals surface area (Å²) < 4.78 is 5.29. The van der Waals surface area contributed by atoms with Gasteiger partial charge in [-0.05, 0) is 24.7 Å². The van der Waals surface area contributed by atoms with Crippen LogP contribution >= 0.6 is 0 Å². The molecule has 0 radical (unpaired) electrons. The van der Waals surface area contributed by atoms with E-state index in [4.69, 9.17) is 15.3 Å². The molecule has 13 heavy (non-hydrogen) atoms. The van der Waals surface area contributed by atoms with Crippen LogP contribution in [-0.2, 0) is 14.5 Å². The van der Waals surface area contributed by atoms with Gasteiger partial charge in [0.2, 0.25) is 0 Å². The van der Waals surface area contributed by atoms with Crippen molar-refractivity contribution in [1.82, 2.24) is 0 Å². The van der Waals surface area contributed by atoms with Crippen LogP contribution in [0, 0.1) is 11.8 Å². The lowest BCUT2D eigenvalue weighted by molar-refractivity contribution is -0.247. The summed E-state index contributed by atoms with van der Waals surface area (Å²) in [5.41, 5.74) is 0. The van der Waals surface area contributed by atoms with E-state index in [0.717, 1.165) is 12.8 Å². The van der Waals surface area contributed by atoms with Crippen LogP contribution in [0.1, 0.15) is 12.8 Å². The summed E-state index contributed by atoms with van der Waals surface area (Å²) in [5, 5.41) is 16.4. The minimum atomic E-state index is 0.338. The first kappa shape index (κ1) is 10.9. The predicted octanol–water partition coefficient (Wildman–Crippen LogP) is 1.01. The van der Waals surface area contributed by atoms with Gasteiger partial charge >= 0.3 is 0 Å². The van der Waals surface area contributed by atoms with Gasteiger partial charge in [0.25, 0.3) is 0 Å². The van der Waals surface area contributed by atoms with E-state index >= 15 is 0 Å². The van der Waals surface area contributed by atoms with Gasteiger partial charge in [-0.15, -0.1) is 0 Å². The zero-order valence-electron chi connectivity index (χ0n) is 7.52. The minimum Gasteiger partial charge on any atom is -0.381 e. The van der Waals surface area contributed by atoms with Crippen molar-refractivity contribution in [3.63, 3.8) is 0 Å². The zero-order chi connectivity index (χ0) is 9.52. The van der Waals surface area contributed by atoms with Gasteiger partial charge in [0.05, 0.1) is 13.2 Å². The lowest BCUT2D eigenvalue weighted by Crippen LogP contribution is -2.16. The van der Waals surface area contributed by atoms with Gasteiger partial charge in [-0.1, -0.05) is 0 Å². The Balaban J connectivity index is 2.18. The lowest BCUT2D eigenvalue weighted by atomic mass is 9.91. The molecule has 0 amide bonds. The van der Waals surface area contributed by atoms with Crippen molar-refractivity contribution in [3.05, 3.63) is 0 Å². The molecule has 2 atom stereocenters. The largest absolute Gasteiger partial charge is 0.381 e. The van der Waals surface area contributed by atoms with E-state index in [0.29, 0.717) is 38.3 Å². The van der Waals surface area contributed by atoms with E-state index in [-0.39, 0.29) is 0 Å². The molecule has 0 spiro atoms. The first-order valence-corrected chi connectivity index (χ1v) is 4.49. The Morgan fingerprint density at radius 3 is 1.85 bits per heavy atom. The second-order valence-corrected chi connectivity index (χ2v) is 3.30. The number of ether oxygens (including phenoxy) is 1. The standard InChI is InChI=1S/C8H16O5/c9-12-3-1-7-5-11-6-8(7)2-4-13-10/h7-10H,1-6H2/t7-,8-/m1/s1. The van der Waals surface area contributed by atoms with Gasteiger partial charge in [0.15, 0.2) is 0 Å². The Kier molecular flexibility index (Phi) is 5.26. The first-order chi connectivity index (χ1) is 6.38.